The quantitative estimate of drug-likeness (QED) is 0.798. The summed E-state index contributed by atoms with van der Waals surface area (Å²) in [5.74, 6) is 0.179. The van der Waals surface area contributed by atoms with Gasteiger partial charge in [0.05, 0.1) is 12.0 Å². The minimum Gasteiger partial charge on any atom is -0.384 e. The predicted molar refractivity (Wildman–Crippen MR) is 107 cm³/mol. The first-order valence-electron chi connectivity index (χ1n) is 9.49. The summed E-state index contributed by atoms with van der Waals surface area (Å²) >= 11 is 0. The Hall–Kier alpha value is -1.63. The van der Waals surface area contributed by atoms with E-state index in [0.29, 0.717) is 25.3 Å². The fraction of sp³-hybridized carbons (Fsp3) is 0.600. The van der Waals surface area contributed by atoms with Crippen molar-refractivity contribution < 1.29 is 14.3 Å². The van der Waals surface area contributed by atoms with E-state index >= 15 is 0 Å². The molecule has 0 aromatic heterocycles. The van der Waals surface area contributed by atoms with E-state index in [1.54, 1.807) is 7.11 Å². The van der Waals surface area contributed by atoms with Crippen molar-refractivity contribution in [2.45, 2.75) is 31.7 Å². The molecule has 1 aromatic rings. The van der Waals surface area contributed by atoms with Gasteiger partial charge >= 0.3 is 0 Å². The minimum absolute atomic E-state index is 0. The number of methoxy groups -OCH3 is 1. The second-order valence-electron chi connectivity index (χ2n) is 7.37. The molecule has 2 heterocycles. The van der Waals surface area contributed by atoms with Crippen LogP contribution in [0.2, 0.25) is 0 Å². The van der Waals surface area contributed by atoms with Gasteiger partial charge in [0.1, 0.15) is 0 Å². The largest absolute Gasteiger partial charge is 0.384 e. The van der Waals surface area contributed by atoms with Crippen molar-refractivity contribution in [1.29, 1.82) is 0 Å². The number of carbonyl (C=O) groups excluding carboxylic acids is 2. The third-order valence-corrected chi connectivity index (χ3v) is 5.59. The van der Waals surface area contributed by atoms with E-state index in [1.165, 1.54) is 0 Å². The molecular weight excluding hydrogens is 366 g/mol. The Morgan fingerprint density at radius 3 is 2.41 bits per heavy atom. The van der Waals surface area contributed by atoms with E-state index in [2.05, 4.69) is 10.6 Å². The summed E-state index contributed by atoms with van der Waals surface area (Å²) in [7, 11) is 1.67. The van der Waals surface area contributed by atoms with Crippen molar-refractivity contribution in [3.63, 3.8) is 0 Å². The number of hydrogen-bond acceptors (Lipinski definition) is 4. The second-order valence-corrected chi connectivity index (χ2v) is 7.37. The number of nitrogens with one attached hydrogen (secondary N) is 2. The van der Waals surface area contributed by atoms with Gasteiger partial charge in [-0.15, -0.1) is 12.4 Å². The maximum atomic E-state index is 13.1. The normalized spacial score (nSPS) is 19.8. The molecule has 0 atom stereocenters. The summed E-state index contributed by atoms with van der Waals surface area (Å²) < 4.78 is 5.39. The van der Waals surface area contributed by atoms with Gasteiger partial charge < -0.3 is 20.3 Å². The van der Waals surface area contributed by atoms with Gasteiger partial charge in [-0.3, -0.25) is 9.59 Å². The molecule has 0 spiro atoms. The van der Waals surface area contributed by atoms with E-state index in [4.69, 9.17) is 4.74 Å². The standard InChI is InChI=1S/C20H29N3O3.ClH/c1-26-15-20(9-11-21-12-10-20)19(25)23-13-7-17(8-14-23)22-18(24)16-5-3-2-4-6-16;/h2-6,17,21H,7-15H2,1H3,(H,22,24);1H. The Morgan fingerprint density at radius 2 is 1.81 bits per heavy atom. The van der Waals surface area contributed by atoms with E-state index in [0.717, 1.165) is 38.8 Å². The Balaban J connectivity index is 0.00000261. The molecule has 150 valence electrons. The Morgan fingerprint density at radius 1 is 1.19 bits per heavy atom. The summed E-state index contributed by atoms with van der Waals surface area (Å²) in [6.07, 6.45) is 3.24. The fourth-order valence-corrected chi connectivity index (χ4v) is 4.02. The lowest BCUT2D eigenvalue weighted by molar-refractivity contribution is -0.148. The van der Waals surface area contributed by atoms with Gasteiger partial charge in [0.2, 0.25) is 5.91 Å². The number of hydrogen-bond donors (Lipinski definition) is 2. The highest BCUT2D eigenvalue weighted by atomic mass is 35.5. The Labute approximate surface area is 167 Å². The molecule has 2 amide bonds. The minimum atomic E-state index is -0.389. The number of benzene rings is 1. The van der Waals surface area contributed by atoms with Crippen LogP contribution in [0.15, 0.2) is 30.3 Å². The second kappa shape index (κ2) is 10.1. The van der Waals surface area contributed by atoms with Gasteiger partial charge in [0, 0.05) is 31.8 Å². The van der Waals surface area contributed by atoms with Crippen LogP contribution < -0.4 is 10.6 Å². The number of rotatable bonds is 5. The van der Waals surface area contributed by atoms with Crippen LogP contribution in [-0.4, -0.2) is 62.7 Å². The average Bonchev–Trinajstić information content (AvgIpc) is 2.69. The molecule has 3 rings (SSSR count). The first-order chi connectivity index (χ1) is 12.6. The number of amides is 2. The van der Waals surface area contributed by atoms with Crippen LogP contribution in [0.5, 0.6) is 0 Å². The maximum absolute atomic E-state index is 13.1. The molecule has 6 nitrogen and oxygen atoms in total. The molecule has 0 unspecified atom stereocenters. The van der Waals surface area contributed by atoms with Crippen molar-refractivity contribution in [3.05, 3.63) is 35.9 Å². The SMILES string of the molecule is COCC1(C(=O)N2CCC(NC(=O)c3ccccc3)CC2)CCNCC1.Cl. The first kappa shape index (κ1) is 21.7. The average molecular weight is 396 g/mol. The number of ether oxygens (including phenoxy) is 1. The number of likely N-dealkylation sites (tertiary alicyclic amines) is 1. The molecule has 2 saturated heterocycles. The van der Waals surface area contributed by atoms with Crippen LogP contribution in [-0.2, 0) is 9.53 Å². The Bertz CT molecular complexity index is 607. The molecule has 7 heteroatoms. The molecule has 2 aliphatic heterocycles. The van der Waals surface area contributed by atoms with Crippen molar-refractivity contribution >= 4 is 24.2 Å². The zero-order chi connectivity index (χ0) is 18.4. The molecule has 2 N–H and O–H groups in total. The topological polar surface area (TPSA) is 70.7 Å². The number of nitrogens with zero attached hydrogens (tertiary/aromatic N) is 1. The summed E-state index contributed by atoms with van der Waals surface area (Å²) in [6, 6.07) is 9.39. The van der Waals surface area contributed by atoms with Crippen molar-refractivity contribution in [1.82, 2.24) is 15.5 Å². The lowest BCUT2D eigenvalue weighted by Gasteiger charge is -2.42. The molecule has 1 aromatic carbocycles. The first-order valence-corrected chi connectivity index (χ1v) is 9.49. The molecule has 27 heavy (non-hydrogen) atoms. The van der Waals surface area contributed by atoms with Gasteiger partial charge in [-0.25, -0.2) is 0 Å². The summed E-state index contributed by atoms with van der Waals surface area (Å²) in [6.45, 7) is 3.59. The van der Waals surface area contributed by atoms with Crippen LogP contribution >= 0.6 is 12.4 Å². The Kier molecular flexibility index (Phi) is 8.07. The number of carbonyl (C=O) groups is 2. The highest BCUT2D eigenvalue weighted by Crippen LogP contribution is 2.32. The van der Waals surface area contributed by atoms with Gasteiger partial charge in [-0.1, -0.05) is 18.2 Å². The highest BCUT2D eigenvalue weighted by molar-refractivity contribution is 5.94. The highest BCUT2D eigenvalue weighted by Gasteiger charge is 2.43. The van der Waals surface area contributed by atoms with Crippen molar-refractivity contribution in [2.24, 2.45) is 5.41 Å². The molecule has 0 saturated carbocycles. The van der Waals surface area contributed by atoms with Crippen LogP contribution in [0.1, 0.15) is 36.0 Å². The van der Waals surface area contributed by atoms with Crippen LogP contribution in [0, 0.1) is 5.41 Å². The molecule has 2 aliphatic rings. The van der Waals surface area contributed by atoms with Crippen molar-refractivity contribution in [2.75, 3.05) is 39.9 Å². The number of piperidine rings is 2. The van der Waals surface area contributed by atoms with E-state index in [-0.39, 0.29) is 35.7 Å². The predicted octanol–water partition coefficient (Wildman–Crippen LogP) is 1.85. The van der Waals surface area contributed by atoms with Crippen LogP contribution in [0.25, 0.3) is 0 Å². The smallest absolute Gasteiger partial charge is 0.251 e. The van der Waals surface area contributed by atoms with E-state index in [9.17, 15) is 9.59 Å². The number of halogens is 1. The van der Waals surface area contributed by atoms with Gasteiger partial charge in [0.25, 0.3) is 5.91 Å². The van der Waals surface area contributed by atoms with Gasteiger partial charge in [0.15, 0.2) is 0 Å². The van der Waals surface area contributed by atoms with E-state index < -0.39 is 0 Å². The molecule has 2 fully saturated rings. The van der Waals surface area contributed by atoms with Crippen molar-refractivity contribution in [3.8, 4) is 0 Å². The zero-order valence-corrected chi connectivity index (χ0v) is 16.7. The summed E-state index contributed by atoms with van der Waals surface area (Å²) in [4.78, 5) is 27.4. The van der Waals surface area contributed by atoms with Gasteiger partial charge in [-0.05, 0) is 50.9 Å². The summed E-state index contributed by atoms with van der Waals surface area (Å²) in [5, 5.41) is 6.42. The molecule has 0 bridgehead atoms. The third-order valence-electron chi connectivity index (χ3n) is 5.59. The third kappa shape index (κ3) is 5.21. The fourth-order valence-electron chi connectivity index (χ4n) is 4.02. The van der Waals surface area contributed by atoms with E-state index in [1.807, 2.05) is 35.2 Å². The zero-order valence-electron chi connectivity index (χ0n) is 15.9. The van der Waals surface area contributed by atoms with Crippen LogP contribution in [0.4, 0.5) is 0 Å². The molecule has 0 radical (unpaired) electrons. The lowest BCUT2D eigenvalue weighted by atomic mass is 9.78. The molecule has 0 aliphatic carbocycles. The van der Waals surface area contributed by atoms with Crippen LogP contribution in [0.3, 0.4) is 0 Å². The molecular formula is C20H30ClN3O3. The maximum Gasteiger partial charge on any atom is 0.251 e. The monoisotopic (exact) mass is 395 g/mol. The summed E-state index contributed by atoms with van der Waals surface area (Å²) in [5.41, 5.74) is 0.292. The lowest BCUT2D eigenvalue weighted by Crippen LogP contribution is -2.55. The van der Waals surface area contributed by atoms with Gasteiger partial charge in [-0.2, -0.15) is 0 Å².